The molecule has 1 aromatic heterocycles. The summed E-state index contributed by atoms with van der Waals surface area (Å²) in [5, 5.41) is 10.8. The lowest BCUT2D eigenvalue weighted by Gasteiger charge is -2.43. The number of nitrogens with zero attached hydrogens (tertiary/aromatic N) is 3. The molecule has 1 amide bonds. The van der Waals surface area contributed by atoms with Crippen molar-refractivity contribution in [2.75, 3.05) is 32.8 Å². The van der Waals surface area contributed by atoms with Gasteiger partial charge in [0.2, 0.25) is 0 Å². The van der Waals surface area contributed by atoms with E-state index >= 15 is 0 Å². The van der Waals surface area contributed by atoms with E-state index in [1.807, 2.05) is 38.1 Å². The second kappa shape index (κ2) is 6.67. The molecule has 24 heavy (non-hydrogen) atoms. The molecule has 1 saturated heterocycles. The molecule has 0 saturated carbocycles. The van der Waals surface area contributed by atoms with E-state index in [1.54, 1.807) is 11.0 Å². The van der Waals surface area contributed by atoms with Crippen molar-refractivity contribution in [2.24, 2.45) is 0 Å². The Morgan fingerprint density at radius 3 is 2.58 bits per heavy atom. The lowest BCUT2D eigenvalue weighted by molar-refractivity contribution is 0.0162. The van der Waals surface area contributed by atoms with Gasteiger partial charge in [-0.25, -0.2) is 4.98 Å². The van der Waals surface area contributed by atoms with Gasteiger partial charge in [-0.1, -0.05) is 29.8 Å². The van der Waals surface area contributed by atoms with Gasteiger partial charge in [0.1, 0.15) is 5.69 Å². The zero-order valence-corrected chi connectivity index (χ0v) is 14.8. The molecule has 2 heterocycles. The number of hydrogen-bond acceptors (Lipinski definition) is 4. The number of carbonyl (C=O) groups is 1. The minimum Gasteiger partial charge on any atom is -0.394 e. The minimum atomic E-state index is -0.270. The Morgan fingerprint density at radius 2 is 1.92 bits per heavy atom. The van der Waals surface area contributed by atoms with Gasteiger partial charge in [0, 0.05) is 37.1 Å². The summed E-state index contributed by atoms with van der Waals surface area (Å²) in [5.74, 6) is -0.132. The summed E-state index contributed by atoms with van der Waals surface area (Å²) in [7, 11) is 0. The maximum Gasteiger partial charge on any atom is 0.274 e. The number of hydrogen-bond donors (Lipinski definition) is 1. The van der Waals surface area contributed by atoms with E-state index in [2.05, 4.69) is 9.88 Å². The predicted molar refractivity (Wildman–Crippen MR) is 95.4 cm³/mol. The van der Waals surface area contributed by atoms with Gasteiger partial charge in [-0.05, 0) is 26.0 Å². The number of aliphatic hydroxyl groups excluding tert-OH is 1. The molecule has 128 valence electrons. The summed E-state index contributed by atoms with van der Waals surface area (Å²) in [6.07, 6.45) is 0. The summed E-state index contributed by atoms with van der Waals surface area (Å²) in [6.45, 7) is 6.77. The molecule has 1 N–H and O–H groups in total. The third kappa shape index (κ3) is 3.24. The fourth-order valence-corrected chi connectivity index (χ4v) is 3.25. The van der Waals surface area contributed by atoms with Crippen LogP contribution in [-0.2, 0) is 0 Å². The van der Waals surface area contributed by atoms with Crippen molar-refractivity contribution in [1.82, 2.24) is 14.8 Å². The Bertz CT molecular complexity index is 755. The molecule has 0 bridgehead atoms. The van der Waals surface area contributed by atoms with Crippen LogP contribution in [0.15, 0.2) is 30.3 Å². The number of piperazine rings is 1. The zero-order chi connectivity index (χ0) is 17.3. The molecule has 0 radical (unpaired) electrons. The van der Waals surface area contributed by atoms with Gasteiger partial charge in [0.25, 0.3) is 5.91 Å². The van der Waals surface area contributed by atoms with Gasteiger partial charge in [-0.15, -0.1) is 0 Å². The minimum absolute atomic E-state index is 0.0962. The van der Waals surface area contributed by atoms with E-state index in [0.29, 0.717) is 23.8 Å². The first-order chi connectivity index (χ1) is 11.4. The first-order valence-corrected chi connectivity index (χ1v) is 8.50. The Labute approximate surface area is 146 Å². The summed E-state index contributed by atoms with van der Waals surface area (Å²) in [6, 6.07) is 9.42. The molecule has 1 aliphatic heterocycles. The highest BCUT2D eigenvalue weighted by Crippen LogP contribution is 2.23. The number of benzene rings is 1. The van der Waals surface area contributed by atoms with Crippen LogP contribution in [0.25, 0.3) is 10.9 Å². The fraction of sp³-hybridized carbons (Fsp3) is 0.444. The summed E-state index contributed by atoms with van der Waals surface area (Å²) in [4.78, 5) is 21.2. The highest BCUT2D eigenvalue weighted by Gasteiger charge is 2.31. The van der Waals surface area contributed by atoms with Crippen molar-refractivity contribution >= 4 is 28.4 Å². The number of carbonyl (C=O) groups excluding carboxylic acids is 1. The van der Waals surface area contributed by atoms with Gasteiger partial charge in [-0.3, -0.25) is 9.69 Å². The molecule has 0 spiro atoms. The number of amides is 1. The molecule has 5 nitrogen and oxygen atoms in total. The van der Waals surface area contributed by atoms with Crippen molar-refractivity contribution in [3.05, 3.63) is 41.0 Å². The van der Waals surface area contributed by atoms with Crippen molar-refractivity contribution in [2.45, 2.75) is 19.4 Å². The number of aromatic nitrogens is 1. The first kappa shape index (κ1) is 17.1. The highest BCUT2D eigenvalue weighted by atomic mass is 35.5. The van der Waals surface area contributed by atoms with E-state index in [1.165, 1.54) is 0 Å². The van der Waals surface area contributed by atoms with Crippen LogP contribution in [0.1, 0.15) is 24.3 Å². The SMILES string of the molecule is CC(C)(CO)N1CCN(C(=O)c2nc3ccccc3cc2Cl)CC1. The second-order valence-electron chi connectivity index (χ2n) is 6.76. The molecule has 2 aromatic rings. The van der Waals surface area contributed by atoms with E-state index in [-0.39, 0.29) is 18.1 Å². The van der Waals surface area contributed by atoms with Crippen molar-refractivity contribution < 1.29 is 9.90 Å². The number of para-hydroxylation sites is 1. The lowest BCUT2D eigenvalue weighted by Crippen LogP contribution is -2.57. The lowest BCUT2D eigenvalue weighted by atomic mass is 10.0. The number of pyridine rings is 1. The smallest absolute Gasteiger partial charge is 0.274 e. The molecule has 1 aromatic carbocycles. The van der Waals surface area contributed by atoms with Gasteiger partial charge in [-0.2, -0.15) is 0 Å². The van der Waals surface area contributed by atoms with Crippen molar-refractivity contribution in [3.63, 3.8) is 0 Å². The molecule has 0 atom stereocenters. The monoisotopic (exact) mass is 347 g/mol. The van der Waals surface area contributed by atoms with E-state index in [9.17, 15) is 9.90 Å². The molecular formula is C18H22ClN3O2. The van der Waals surface area contributed by atoms with Crippen LogP contribution in [0.4, 0.5) is 0 Å². The number of fused-ring (bicyclic) bond motifs is 1. The van der Waals surface area contributed by atoms with Crippen LogP contribution < -0.4 is 0 Å². The van der Waals surface area contributed by atoms with Crippen molar-refractivity contribution in [1.29, 1.82) is 0 Å². The van der Waals surface area contributed by atoms with Gasteiger partial charge in [0.05, 0.1) is 17.1 Å². The Hall–Kier alpha value is -1.69. The van der Waals surface area contributed by atoms with Crippen LogP contribution in [-0.4, -0.2) is 64.1 Å². The number of rotatable bonds is 3. The highest BCUT2D eigenvalue weighted by molar-refractivity contribution is 6.34. The standard InChI is InChI=1S/C18H22ClN3O2/c1-18(2,12-23)22-9-7-21(8-10-22)17(24)16-14(19)11-13-5-3-4-6-15(13)20-16/h3-6,11,23H,7-10,12H2,1-2H3. The zero-order valence-electron chi connectivity index (χ0n) is 14.0. The van der Waals surface area contributed by atoms with E-state index in [4.69, 9.17) is 11.6 Å². The van der Waals surface area contributed by atoms with Crippen molar-refractivity contribution in [3.8, 4) is 0 Å². The average Bonchev–Trinajstić information content (AvgIpc) is 2.60. The normalized spacial score (nSPS) is 16.6. The summed E-state index contributed by atoms with van der Waals surface area (Å²) >= 11 is 6.29. The van der Waals surface area contributed by atoms with Crippen LogP contribution in [0, 0.1) is 0 Å². The Kier molecular flexibility index (Phi) is 4.76. The Morgan fingerprint density at radius 1 is 1.25 bits per heavy atom. The van der Waals surface area contributed by atoms with Crippen LogP contribution in [0.3, 0.4) is 0 Å². The third-order valence-electron chi connectivity index (χ3n) is 4.69. The number of halogens is 1. The fourth-order valence-electron chi connectivity index (χ4n) is 3.00. The quantitative estimate of drug-likeness (QED) is 0.926. The molecule has 1 aliphatic rings. The molecule has 6 heteroatoms. The average molecular weight is 348 g/mol. The molecule has 3 rings (SSSR count). The van der Waals surface area contributed by atoms with E-state index < -0.39 is 0 Å². The molecule has 0 aliphatic carbocycles. The predicted octanol–water partition coefficient (Wildman–Crippen LogP) is 2.42. The maximum absolute atomic E-state index is 12.8. The van der Waals surface area contributed by atoms with E-state index in [0.717, 1.165) is 24.0 Å². The molecule has 0 unspecified atom stereocenters. The van der Waals surface area contributed by atoms with Gasteiger partial charge in [0.15, 0.2) is 0 Å². The van der Waals surface area contributed by atoms with Crippen LogP contribution >= 0.6 is 11.6 Å². The molecular weight excluding hydrogens is 326 g/mol. The summed E-state index contributed by atoms with van der Waals surface area (Å²) in [5.41, 5.74) is 0.809. The number of aliphatic hydroxyl groups is 1. The second-order valence-corrected chi connectivity index (χ2v) is 7.17. The largest absolute Gasteiger partial charge is 0.394 e. The first-order valence-electron chi connectivity index (χ1n) is 8.13. The maximum atomic E-state index is 12.8. The van der Waals surface area contributed by atoms with Crippen LogP contribution in [0.5, 0.6) is 0 Å². The topological polar surface area (TPSA) is 56.7 Å². The summed E-state index contributed by atoms with van der Waals surface area (Å²) < 4.78 is 0. The van der Waals surface area contributed by atoms with Crippen LogP contribution in [0.2, 0.25) is 5.02 Å². The van der Waals surface area contributed by atoms with Gasteiger partial charge < -0.3 is 10.0 Å². The third-order valence-corrected chi connectivity index (χ3v) is 4.98. The molecule has 1 fully saturated rings. The van der Waals surface area contributed by atoms with Gasteiger partial charge >= 0.3 is 0 Å². The Balaban J connectivity index is 1.77.